The molecule has 21 heavy (non-hydrogen) atoms. The maximum Gasteiger partial charge on any atom is 0.0431 e. The molecule has 1 aromatic carbocycles. The second kappa shape index (κ2) is 6.47. The average molecular weight is 288 g/mol. The Morgan fingerprint density at radius 3 is 2.24 bits per heavy atom. The lowest BCUT2D eigenvalue weighted by atomic mass is 9.78. The van der Waals surface area contributed by atoms with Crippen molar-refractivity contribution in [3.8, 4) is 0 Å². The van der Waals surface area contributed by atoms with Gasteiger partial charge in [0.1, 0.15) is 0 Å². The highest BCUT2D eigenvalue weighted by atomic mass is 16.2. The topological polar surface area (TPSA) is 58.3 Å². The average Bonchev–Trinajstić information content (AvgIpc) is 2.75. The van der Waals surface area contributed by atoms with Gasteiger partial charge in [0.05, 0.1) is 0 Å². The van der Waals surface area contributed by atoms with Crippen molar-refractivity contribution in [3.05, 3.63) is 35.4 Å². The first-order valence-corrected chi connectivity index (χ1v) is 8.43. The van der Waals surface area contributed by atoms with Gasteiger partial charge in [0.15, 0.2) is 0 Å². The Labute approximate surface area is 127 Å². The molecule has 3 nitrogen and oxygen atoms in total. The van der Waals surface area contributed by atoms with E-state index in [-0.39, 0.29) is 12.1 Å². The van der Waals surface area contributed by atoms with Crippen molar-refractivity contribution in [1.29, 1.82) is 0 Å². The molecule has 2 aliphatic rings. The van der Waals surface area contributed by atoms with Gasteiger partial charge in [-0.3, -0.25) is 0 Å². The van der Waals surface area contributed by atoms with Crippen LogP contribution in [0.5, 0.6) is 0 Å². The zero-order valence-electron chi connectivity index (χ0n) is 12.9. The molecule has 2 atom stereocenters. The van der Waals surface area contributed by atoms with E-state index >= 15 is 0 Å². The summed E-state index contributed by atoms with van der Waals surface area (Å²) in [6.45, 7) is 1.99. The van der Waals surface area contributed by atoms with E-state index in [1.54, 1.807) is 0 Å². The molecule has 1 aromatic rings. The molecule has 0 aliphatic heterocycles. The van der Waals surface area contributed by atoms with Crippen molar-refractivity contribution < 1.29 is 5.11 Å². The van der Waals surface area contributed by atoms with Crippen molar-refractivity contribution in [2.45, 2.75) is 44.1 Å². The predicted octanol–water partition coefficient (Wildman–Crippen LogP) is 1.87. The smallest absolute Gasteiger partial charge is 0.0431 e. The fourth-order valence-corrected chi connectivity index (χ4v) is 4.56. The van der Waals surface area contributed by atoms with Crippen LogP contribution in [0.4, 0.5) is 0 Å². The molecular weight excluding hydrogens is 260 g/mol. The van der Waals surface area contributed by atoms with Crippen LogP contribution in [0.1, 0.15) is 36.8 Å². The molecule has 0 radical (unpaired) electrons. The summed E-state index contributed by atoms with van der Waals surface area (Å²) in [5, 5.41) is 12.8. The van der Waals surface area contributed by atoms with E-state index < -0.39 is 0 Å². The Hall–Kier alpha value is -0.900. The van der Waals surface area contributed by atoms with Gasteiger partial charge in [0.2, 0.25) is 0 Å². The van der Waals surface area contributed by atoms with Gasteiger partial charge >= 0.3 is 0 Å². The Morgan fingerprint density at radius 2 is 1.71 bits per heavy atom. The van der Waals surface area contributed by atoms with Crippen LogP contribution in [0.2, 0.25) is 0 Å². The third-order valence-corrected chi connectivity index (χ3v) is 5.75. The van der Waals surface area contributed by atoms with Crippen molar-refractivity contribution in [2.24, 2.45) is 17.6 Å². The van der Waals surface area contributed by atoms with Crippen molar-refractivity contribution in [2.75, 3.05) is 19.7 Å². The number of unbranched alkanes of at least 4 members (excludes halogenated alkanes) is 1. The highest BCUT2D eigenvalue weighted by Gasteiger charge is 2.50. The molecule has 1 saturated carbocycles. The van der Waals surface area contributed by atoms with Gasteiger partial charge in [-0.25, -0.2) is 0 Å². The quantitative estimate of drug-likeness (QED) is 0.700. The first-order valence-electron chi connectivity index (χ1n) is 8.43. The van der Waals surface area contributed by atoms with Crippen LogP contribution in [-0.4, -0.2) is 30.3 Å². The number of hydrogen-bond acceptors (Lipinski definition) is 3. The first kappa shape index (κ1) is 15.0. The summed E-state index contributed by atoms with van der Waals surface area (Å²) in [5.74, 6) is 1.32. The van der Waals surface area contributed by atoms with Crippen LogP contribution in [0.25, 0.3) is 0 Å². The van der Waals surface area contributed by atoms with Crippen molar-refractivity contribution in [1.82, 2.24) is 5.32 Å². The minimum Gasteiger partial charge on any atom is -0.396 e. The minimum atomic E-state index is 0.106. The number of benzene rings is 1. The van der Waals surface area contributed by atoms with Gasteiger partial charge in [0.25, 0.3) is 0 Å². The van der Waals surface area contributed by atoms with Gasteiger partial charge in [-0.05, 0) is 68.0 Å². The number of fused-ring (bicyclic) bond motifs is 3. The van der Waals surface area contributed by atoms with E-state index in [1.165, 1.54) is 24.0 Å². The number of nitrogens with one attached hydrogen (secondary N) is 1. The van der Waals surface area contributed by atoms with Crippen molar-refractivity contribution in [3.63, 3.8) is 0 Å². The van der Waals surface area contributed by atoms with E-state index in [1.807, 2.05) is 0 Å². The Balaban J connectivity index is 1.79. The van der Waals surface area contributed by atoms with Crippen LogP contribution >= 0.6 is 0 Å². The van der Waals surface area contributed by atoms with Crippen LogP contribution in [0.3, 0.4) is 0 Å². The maximum atomic E-state index is 8.95. The Bertz CT molecular complexity index is 441. The molecule has 0 aromatic heterocycles. The fourth-order valence-electron chi connectivity index (χ4n) is 4.56. The van der Waals surface area contributed by atoms with Crippen molar-refractivity contribution >= 4 is 0 Å². The number of aliphatic hydroxyl groups is 1. The predicted molar refractivity (Wildman–Crippen MR) is 86.2 cm³/mol. The fraction of sp³-hybridized carbons (Fsp3) is 0.667. The third kappa shape index (κ3) is 2.75. The summed E-state index contributed by atoms with van der Waals surface area (Å²) >= 11 is 0. The summed E-state index contributed by atoms with van der Waals surface area (Å²) in [7, 11) is 0. The van der Waals surface area contributed by atoms with E-state index in [0.717, 1.165) is 38.8 Å². The van der Waals surface area contributed by atoms with Crippen LogP contribution in [0.15, 0.2) is 24.3 Å². The monoisotopic (exact) mass is 288 g/mol. The minimum absolute atomic E-state index is 0.106. The summed E-state index contributed by atoms with van der Waals surface area (Å²) in [5.41, 5.74) is 9.43. The molecule has 0 heterocycles. The highest BCUT2D eigenvalue weighted by molar-refractivity contribution is 5.32. The molecule has 4 N–H and O–H groups in total. The lowest BCUT2D eigenvalue weighted by Crippen LogP contribution is -2.58. The van der Waals surface area contributed by atoms with E-state index in [0.29, 0.717) is 11.8 Å². The molecule has 0 spiro atoms. The number of aliphatic hydroxyl groups excluding tert-OH is 1. The molecule has 0 amide bonds. The summed E-state index contributed by atoms with van der Waals surface area (Å²) in [4.78, 5) is 0. The summed E-state index contributed by atoms with van der Waals surface area (Å²) in [6, 6.07) is 8.92. The van der Waals surface area contributed by atoms with Gasteiger partial charge in [-0.1, -0.05) is 24.3 Å². The van der Waals surface area contributed by atoms with Gasteiger partial charge in [-0.15, -0.1) is 0 Å². The molecule has 0 saturated heterocycles. The standard InChI is InChI=1S/C18H28N2O/c19-13-18(20-9-3-4-10-21)16-7-8-17(18)12-15-6-2-1-5-14(15)11-16/h1-2,5-6,16-17,20-21H,3-4,7-13,19H2. The molecule has 2 bridgehead atoms. The van der Waals surface area contributed by atoms with Crippen LogP contribution in [-0.2, 0) is 12.8 Å². The third-order valence-electron chi connectivity index (χ3n) is 5.75. The Morgan fingerprint density at radius 1 is 1.10 bits per heavy atom. The second-order valence-corrected chi connectivity index (χ2v) is 6.75. The summed E-state index contributed by atoms with van der Waals surface area (Å²) < 4.78 is 0. The van der Waals surface area contributed by atoms with Gasteiger partial charge in [-0.2, -0.15) is 0 Å². The molecule has 116 valence electrons. The lowest BCUT2D eigenvalue weighted by Gasteiger charge is -2.39. The van der Waals surface area contributed by atoms with Crippen LogP contribution in [0, 0.1) is 11.8 Å². The second-order valence-electron chi connectivity index (χ2n) is 6.75. The largest absolute Gasteiger partial charge is 0.396 e. The molecule has 3 rings (SSSR count). The van der Waals surface area contributed by atoms with E-state index in [4.69, 9.17) is 10.8 Å². The molecule has 3 heteroatoms. The van der Waals surface area contributed by atoms with Crippen LogP contribution < -0.4 is 11.1 Å². The molecular formula is C18H28N2O. The molecule has 1 fully saturated rings. The maximum absolute atomic E-state index is 8.95. The zero-order valence-corrected chi connectivity index (χ0v) is 12.9. The van der Waals surface area contributed by atoms with Gasteiger partial charge in [0, 0.05) is 18.7 Å². The summed E-state index contributed by atoms with van der Waals surface area (Å²) in [6.07, 6.45) is 6.83. The van der Waals surface area contributed by atoms with Gasteiger partial charge < -0.3 is 16.2 Å². The van der Waals surface area contributed by atoms with E-state index in [2.05, 4.69) is 29.6 Å². The number of nitrogens with two attached hydrogens (primary N) is 1. The van der Waals surface area contributed by atoms with E-state index in [9.17, 15) is 0 Å². The lowest BCUT2D eigenvalue weighted by molar-refractivity contribution is 0.191. The molecule has 2 unspecified atom stereocenters. The number of hydrogen-bond donors (Lipinski definition) is 3. The highest BCUT2D eigenvalue weighted by Crippen LogP contribution is 2.46. The zero-order chi connectivity index (χ0) is 14.7. The first-order chi connectivity index (χ1) is 10.3. The SMILES string of the molecule is NCC1(NCCCCO)C2CCC1Cc1ccccc1C2. The molecule has 2 aliphatic carbocycles. The number of rotatable bonds is 6. The normalized spacial score (nSPS) is 31.0. The Kier molecular flexibility index (Phi) is 4.63.